The van der Waals surface area contributed by atoms with E-state index in [0.29, 0.717) is 6.04 Å². The van der Waals surface area contributed by atoms with Crippen LogP contribution in [0.25, 0.3) is 0 Å². The second-order valence-electron chi connectivity index (χ2n) is 5.33. The zero-order valence-corrected chi connectivity index (χ0v) is 9.41. The van der Waals surface area contributed by atoms with Crippen LogP contribution in [0.4, 0.5) is 0 Å². The van der Waals surface area contributed by atoms with Gasteiger partial charge in [-0.3, -0.25) is 0 Å². The Labute approximate surface area is 87.8 Å². The molecule has 1 saturated carbocycles. The van der Waals surface area contributed by atoms with Gasteiger partial charge in [-0.2, -0.15) is 0 Å². The third kappa shape index (κ3) is 2.48. The average molecular weight is 196 g/mol. The maximum Gasteiger partial charge on any atom is 0.0180 e. The van der Waals surface area contributed by atoms with Crippen molar-refractivity contribution in [2.75, 3.05) is 19.6 Å². The first-order valence-corrected chi connectivity index (χ1v) is 6.23. The van der Waals surface area contributed by atoms with Gasteiger partial charge in [0.15, 0.2) is 0 Å². The predicted octanol–water partition coefficient (Wildman–Crippen LogP) is 1.85. The van der Waals surface area contributed by atoms with Crippen LogP contribution in [0.2, 0.25) is 0 Å². The van der Waals surface area contributed by atoms with Crippen molar-refractivity contribution >= 4 is 0 Å². The second kappa shape index (κ2) is 4.63. The minimum Gasteiger partial charge on any atom is -0.326 e. The SMILES string of the molecule is CC1CCCCC1CN1CCC(N)C1. The van der Waals surface area contributed by atoms with Crippen molar-refractivity contribution in [2.45, 2.75) is 45.1 Å². The molecule has 2 rings (SSSR count). The van der Waals surface area contributed by atoms with E-state index in [2.05, 4.69) is 11.8 Å². The smallest absolute Gasteiger partial charge is 0.0180 e. The molecular weight excluding hydrogens is 172 g/mol. The standard InChI is InChI=1S/C12H24N2/c1-10-4-2-3-5-11(10)8-14-7-6-12(13)9-14/h10-12H,2-9,13H2,1H3. The zero-order valence-electron chi connectivity index (χ0n) is 9.41. The Balaban J connectivity index is 1.78. The summed E-state index contributed by atoms with van der Waals surface area (Å²) in [7, 11) is 0. The van der Waals surface area contributed by atoms with Gasteiger partial charge in [0.2, 0.25) is 0 Å². The number of likely N-dealkylation sites (tertiary alicyclic amines) is 1. The average Bonchev–Trinajstić information content (AvgIpc) is 2.56. The summed E-state index contributed by atoms with van der Waals surface area (Å²) < 4.78 is 0. The van der Waals surface area contributed by atoms with Crippen molar-refractivity contribution in [3.63, 3.8) is 0 Å². The first-order valence-electron chi connectivity index (χ1n) is 6.23. The molecule has 1 heterocycles. The lowest BCUT2D eigenvalue weighted by molar-refractivity contribution is 0.179. The fourth-order valence-electron chi connectivity index (χ4n) is 3.02. The van der Waals surface area contributed by atoms with Crippen LogP contribution in [0, 0.1) is 11.8 Å². The summed E-state index contributed by atoms with van der Waals surface area (Å²) in [5.41, 5.74) is 5.92. The van der Waals surface area contributed by atoms with Gasteiger partial charge in [-0.25, -0.2) is 0 Å². The van der Waals surface area contributed by atoms with Gasteiger partial charge in [0.05, 0.1) is 0 Å². The van der Waals surface area contributed by atoms with Gasteiger partial charge in [0, 0.05) is 19.1 Å². The van der Waals surface area contributed by atoms with Gasteiger partial charge >= 0.3 is 0 Å². The van der Waals surface area contributed by atoms with E-state index in [9.17, 15) is 0 Å². The summed E-state index contributed by atoms with van der Waals surface area (Å²) in [4.78, 5) is 2.58. The van der Waals surface area contributed by atoms with Crippen molar-refractivity contribution in [2.24, 2.45) is 17.6 Å². The number of hydrogen-bond acceptors (Lipinski definition) is 2. The van der Waals surface area contributed by atoms with Crippen LogP contribution in [-0.2, 0) is 0 Å². The molecule has 2 aliphatic rings. The van der Waals surface area contributed by atoms with Crippen LogP contribution >= 0.6 is 0 Å². The maximum absolute atomic E-state index is 5.92. The van der Waals surface area contributed by atoms with E-state index in [1.807, 2.05) is 0 Å². The van der Waals surface area contributed by atoms with E-state index in [1.165, 1.54) is 45.2 Å². The predicted molar refractivity (Wildman–Crippen MR) is 60.2 cm³/mol. The van der Waals surface area contributed by atoms with Crippen molar-refractivity contribution in [3.8, 4) is 0 Å². The molecule has 1 saturated heterocycles. The lowest BCUT2D eigenvalue weighted by Gasteiger charge is -2.32. The third-order valence-corrected chi connectivity index (χ3v) is 4.09. The van der Waals surface area contributed by atoms with E-state index in [-0.39, 0.29) is 0 Å². The third-order valence-electron chi connectivity index (χ3n) is 4.09. The summed E-state index contributed by atoms with van der Waals surface area (Å²) >= 11 is 0. The molecule has 2 heteroatoms. The lowest BCUT2D eigenvalue weighted by Crippen LogP contribution is -2.34. The molecule has 0 aromatic rings. The normalized spacial score (nSPS) is 40.3. The zero-order chi connectivity index (χ0) is 9.97. The van der Waals surface area contributed by atoms with E-state index >= 15 is 0 Å². The Kier molecular flexibility index (Phi) is 3.45. The minimum absolute atomic E-state index is 0.453. The Bertz CT molecular complexity index is 181. The first-order chi connectivity index (χ1) is 6.75. The highest BCUT2D eigenvalue weighted by Gasteiger charge is 2.26. The van der Waals surface area contributed by atoms with Gasteiger partial charge in [-0.15, -0.1) is 0 Å². The van der Waals surface area contributed by atoms with Crippen molar-refractivity contribution < 1.29 is 0 Å². The van der Waals surface area contributed by atoms with Crippen LogP contribution < -0.4 is 5.73 Å². The molecule has 0 bridgehead atoms. The molecule has 3 atom stereocenters. The summed E-state index contributed by atoms with van der Waals surface area (Å²) in [6.07, 6.45) is 7.02. The fourth-order valence-corrected chi connectivity index (χ4v) is 3.02. The van der Waals surface area contributed by atoms with E-state index < -0.39 is 0 Å². The molecule has 14 heavy (non-hydrogen) atoms. The van der Waals surface area contributed by atoms with Crippen molar-refractivity contribution in [1.29, 1.82) is 0 Å². The molecule has 1 aliphatic heterocycles. The highest BCUT2D eigenvalue weighted by molar-refractivity contribution is 4.82. The Morgan fingerprint density at radius 3 is 2.64 bits per heavy atom. The topological polar surface area (TPSA) is 29.3 Å². The van der Waals surface area contributed by atoms with Gasteiger partial charge < -0.3 is 10.6 Å². The molecule has 2 nitrogen and oxygen atoms in total. The first kappa shape index (κ1) is 10.4. The van der Waals surface area contributed by atoms with Gasteiger partial charge in [0.1, 0.15) is 0 Å². The van der Waals surface area contributed by atoms with Gasteiger partial charge in [-0.05, 0) is 31.2 Å². The summed E-state index contributed by atoms with van der Waals surface area (Å²) in [6.45, 7) is 6.13. The number of nitrogens with two attached hydrogens (primary N) is 1. The van der Waals surface area contributed by atoms with Crippen molar-refractivity contribution in [1.82, 2.24) is 4.90 Å². The molecular formula is C12H24N2. The van der Waals surface area contributed by atoms with Crippen LogP contribution in [-0.4, -0.2) is 30.6 Å². The molecule has 0 radical (unpaired) electrons. The van der Waals surface area contributed by atoms with Crippen LogP contribution in [0.3, 0.4) is 0 Å². The molecule has 0 aromatic heterocycles. The molecule has 2 fully saturated rings. The van der Waals surface area contributed by atoms with Crippen LogP contribution in [0.1, 0.15) is 39.0 Å². The summed E-state index contributed by atoms with van der Waals surface area (Å²) in [5, 5.41) is 0. The lowest BCUT2D eigenvalue weighted by atomic mass is 9.80. The highest BCUT2D eigenvalue weighted by Crippen LogP contribution is 2.30. The van der Waals surface area contributed by atoms with E-state index in [4.69, 9.17) is 5.73 Å². The van der Waals surface area contributed by atoms with Crippen LogP contribution in [0.15, 0.2) is 0 Å². The van der Waals surface area contributed by atoms with Crippen molar-refractivity contribution in [3.05, 3.63) is 0 Å². The largest absolute Gasteiger partial charge is 0.326 e. The second-order valence-corrected chi connectivity index (χ2v) is 5.33. The summed E-state index contributed by atoms with van der Waals surface area (Å²) in [6, 6.07) is 0.453. The molecule has 2 N–H and O–H groups in total. The van der Waals surface area contributed by atoms with E-state index in [1.54, 1.807) is 0 Å². The fraction of sp³-hybridized carbons (Fsp3) is 1.00. The molecule has 0 spiro atoms. The van der Waals surface area contributed by atoms with E-state index in [0.717, 1.165) is 18.4 Å². The monoisotopic (exact) mass is 196 g/mol. The van der Waals surface area contributed by atoms with Crippen LogP contribution in [0.5, 0.6) is 0 Å². The van der Waals surface area contributed by atoms with Gasteiger partial charge in [0.25, 0.3) is 0 Å². The maximum atomic E-state index is 5.92. The number of nitrogens with zero attached hydrogens (tertiary/aromatic N) is 1. The quantitative estimate of drug-likeness (QED) is 0.730. The molecule has 82 valence electrons. The summed E-state index contributed by atoms with van der Waals surface area (Å²) in [5.74, 6) is 1.90. The Morgan fingerprint density at radius 2 is 2.00 bits per heavy atom. The number of rotatable bonds is 2. The molecule has 0 aromatic carbocycles. The minimum atomic E-state index is 0.453. The Morgan fingerprint density at radius 1 is 1.21 bits per heavy atom. The molecule has 1 aliphatic carbocycles. The molecule has 3 unspecified atom stereocenters. The Hall–Kier alpha value is -0.0800. The van der Waals surface area contributed by atoms with Gasteiger partial charge in [-0.1, -0.05) is 26.2 Å². The number of hydrogen-bond donors (Lipinski definition) is 1. The molecule has 0 amide bonds. The highest BCUT2D eigenvalue weighted by atomic mass is 15.2.